The molecule has 0 atom stereocenters. The molecule has 88 valence electrons. The highest BCUT2D eigenvalue weighted by Gasteiger charge is 2.10. The normalized spacial score (nSPS) is 17.3. The van der Waals surface area contributed by atoms with E-state index < -0.39 is 0 Å². The molecule has 0 radical (unpaired) electrons. The van der Waals surface area contributed by atoms with Crippen molar-refractivity contribution in [1.82, 2.24) is 9.80 Å². The van der Waals surface area contributed by atoms with Crippen LogP contribution in [0.3, 0.4) is 0 Å². The van der Waals surface area contributed by atoms with Gasteiger partial charge in [-0.3, -0.25) is 4.90 Å². The van der Waals surface area contributed by atoms with E-state index in [1.54, 1.807) is 0 Å². The molecule has 0 amide bonds. The first kappa shape index (κ1) is 12.6. The van der Waals surface area contributed by atoms with Gasteiger partial charge in [0, 0.05) is 19.6 Å². The van der Waals surface area contributed by atoms with Gasteiger partial charge in [0.2, 0.25) is 0 Å². The molecule has 0 unspecified atom stereocenters. The van der Waals surface area contributed by atoms with Crippen LogP contribution in [0, 0.1) is 0 Å². The number of unbranched alkanes of at least 4 members (excludes halogenated alkanes) is 3. The molecule has 1 rings (SSSR count). The lowest BCUT2D eigenvalue weighted by atomic mass is 10.2. The van der Waals surface area contributed by atoms with Crippen molar-refractivity contribution >= 4 is 0 Å². The number of hydrogen-bond acceptors (Lipinski definition) is 2. The Morgan fingerprint density at radius 3 is 2.60 bits per heavy atom. The highest BCUT2D eigenvalue weighted by Crippen LogP contribution is 2.07. The molecule has 0 aliphatic carbocycles. The summed E-state index contributed by atoms with van der Waals surface area (Å²) in [5, 5.41) is 0. The third kappa shape index (κ3) is 5.22. The second-order valence-corrected chi connectivity index (χ2v) is 4.48. The van der Waals surface area contributed by atoms with Gasteiger partial charge < -0.3 is 4.90 Å². The standard InChI is InChI=1S/C13H26N2/c1-3-5-6-7-10-15-12-8-11-14(13-15)9-4-2/h8,11H,3-7,9-10,12-13H2,1-2H3. The van der Waals surface area contributed by atoms with Crippen LogP contribution < -0.4 is 0 Å². The van der Waals surface area contributed by atoms with Gasteiger partial charge >= 0.3 is 0 Å². The smallest absolute Gasteiger partial charge is 0.0704 e. The van der Waals surface area contributed by atoms with E-state index in [1.807, 2.05) is 0 Å². The van der Waals surface area contributed by atoms with Crippen molar-refractivity contribution in [3.05, 3.63) is 12.3 Å². The van der Waals surface area contributed by atoms with Crippen molar-refractivity contribution < 1.29 is 0 Å². The SMILES string of the molecule is CCCCCCN1CC=CN(CCC)C1. The molecule has 1 heterocycles. The number of hydrogen-bond donors (Lipinski definition) is 0. The Bertz CT molecular complexity index is 177. The summed E-state index contributed by atoms with van der Waals surface area (Å²) < 4.78 is 0. The lowest BCUT2D eigenvalue weighted by Crippen LogP contribution is -2.39. The van der Waals surface area contributed by atoms with E-state index in [9.17, 15) is 0 Å². The summed E-state index contributed by atoms with van der Waals surface area (Å²) in [5.41, 5.74) is 0. The Balaban J connectivity index is 2.12. The van der Waals surface area contributed by atoms with E-state index in [1.165, 1.54) is 45.2 Å². The average Bonchev–Trinajstić information content (AvgIpc) is 2.26. The Hall–Kier alpha value is -0.500. The van der Waals surface area contributed by atoms with Crippen LogP contribution in [-0.4, -0.2) is 36.1 Å². The molecule has 0 aromatic rings. The fourth-order valence-electron chi connectivity index (χ4n) is 2.06. The quantitative estimate of drug-likeness (QED) is 0.596. The van der Waals surface area contributed by atoms with Crippen LogP contribution in [-0.2, 0) is 0 Å². The van der Waals surface area contributed by atoms with Crippen LogP contribution in [0.4, 0.5) is 0 Å². The van der Waals surface area contributed by atoms with E-state index in [4.69, 9.17) is 0 Å². The first-order chi connectivity index (χ1) is 7.36. The Labute approximate surface area is 94.9 Å². The molecule has 0 saturated carbocycles. The minimum absolute atomic E-state index is 1.14. The fraction of sp³-hybridized carbons (Fsp3) is 0.846. The van der Waals surface area contributed by atoms with E-state index in [0.29, 0.717) is 0 Å². The molecular weight excluding hydrogens is 184 g/mol. The van der Waals surface area contributed by atoms with Crippen LogP contribution in [0.1, 0.15) is 46.0 Å². The number of rotatable bonds is 7. The van der Waals surface area contributed by atoms with Gasteiger partial charge in [-0.2, -0.15) is 0 Å². The second-order valence-electron chi connectivity index (χ2n) is 4.48. The lowest BCUT2D eigenvalue weighted by molar-refractivity contribution is 0.167. The minimum Gasteiger partial charge on any atom is -0.365 e. The van der Waals surface area contributed by atoms with Gasteiger partial charge in [0.15, 0.2) is 0 Å². The summed E-state index contributed by atoms with van der Waals surface area (Å²) in [4.78, 5) is 4.97. The second kappa shape index (κ2) is 7.75. The molecule has 0 saturated heterocycles. The van der Waals surface area contributed by atoms with Gasteiger partial charge in [-0.1, -0.05) is 39.2 Å². The number of nitrogens with zero attached hydrogens (tertiary/aromatic N) is 2. The molecule has 0 fully saturated rings. The van der Waals surface area contributed by atoms with Gasteiger partial charge in [-0.15, -0.1) is 0 Å². The molecule has 0 spiro atoms. The van der Waals surface area contributed by atoms with Crippen molar-refractivity contribution in [1.29, 1.82) is 0 Å². The van der Waals surface area contributed by atoms with Gasteiger partial charge in [0.25, 0.3) is 0 Å². The summed E-state index contributed by atoms with van der Waals surface area (Å²) in [7, 11) is 0. The zero-order chi connectivity index (χ0) is 10.9. The Morgan fingerprint density at radius 2 is 1.87 bits per heavy atom. The maximum absolute atomic E-state index is 2.55. The highest BCUT2D eigenvalue weighted by molar-refractivity contribution is 4.90. The van der Waals surface area contributed by atoms with Crippen LogP contribution >= 0.6 is 0 Å². The molecule has 2 heteroatoms. The average molecular weight is 210 g/mol. The van der Waals surface area contributed by atoms with Gasteiger partial charge in [0.1, 0.15) is 0 Å². The van der Waals surface area contributed by atoms with Crippen molar-refractivity contribution in [2.75, 3.05) is 26.3 Å². The van der Waals surface area contributed by atoms with Crippen LogP contribution in [0.15, 0.2) is 12.3 Å². The predicted octanol–water partition coefficient (Wildman–Crippen LogP) is 3.07. The van der Waals surface area contributed by atoms with E-state index in [0.717, 1.165) is 13.2 Å². The minimum atomic E-state index is 1.14. The lowest BCUT2D eigenvalue weighted by Gasteiger charge is -2.32. The van der Waals surface area contributed by atoms with Gasteiger partial charge in [-0.25, -0.2) is 0 Å². The highest BCUT2D eigenvalue weighted by atomic mass is 15.3. The monoisotopic (exact) mass is 210 g/mol. The van der Waals surface area contributed by atoms with Crippen molar-refractivity contribution in [2.45, 2.75) is 46.0 Å². The van der Waals surface area contributed by atoms with Crippen molar-refractivity contribution in [3.63, 3.8) is 0 Å². The maximum atomic E-state index is 2.55. The zero-order valence-corrected chi connectivity index (χ0v) is 10.4. The van der Waals surface area contributed by atoms with E-state index in [2.05, 4.69) is 35.9 Å². The summed E-state index contributed by atoms with van der Waals surface area (Å²) in [6.45, 7) is 9.26. The largest absolute Gasteiger partial charge is 0.365 e. The topological polar surface area (TPSA) is 6.48 Å². The summed E-state index contributed by atoms with van der Waals surface area (Å²) in [6, 6.07) is 0. The van der Waals surface area contributed by atoms with Crippen molar-refractivity contribution in [3.8, 4) is 0 Å². The van der Waals surface area contributed by atoms with E-state index in [-0.39, 0.29) is 0 Å². The third-order valence-electron chi connectivity index (χ3n) is 2.90. The van der Waals surface area contributed by atoms with Crippen LogP contribution in [0.25, 0.3) is 0 Å². The summed E-state index contributed by atoms with van der Waals surface area (Å²) in [5.74, 6) is 0. The molecule has 0 N–H and O–H groups in total. The van der Waals surface area contributed by atoms with Crippen molar-refractivity contribution in [2.24, 2.45) is 0 Å². The fourth-order valence-corrected chi connectivity index (χ4v) is 2.06. The molecule has 0 bridgehead atoms. The zero-order valence-electron chi connectivity index (χ0n) is 10.4. The van der Waals surface area contributed by atoms with Gasteiger partial charge in [-0.05, 0) is 19.0 Å². The molecule has 2 nitrogen and oxygen atoms in total. The first-order valence-electron chi connectivity index (χ1n) is 6.50. The van der Waals surface area contributed by atoms with Crippen LogP contribution in [0.5, 0.6) is 0 Å². The Morgan fingerprint density at radius 1 is 1.00 bits per heavy atom. The summed E-state index contributed by atoms with van der Waals surface area (Å²) >= 11 is 0. The molecule has 1 aliphatic heterocycles. The first-order valence-corrected chi connectivity index (χ1v) is 6.50. The third-order valence-corrected chi connectivity index (χ3v) is 2.90. The van der Waals surface area contributed by atoms with E-state index >= 15 is 0 Å². The molecule has 15 heavy (non-hydrogen) atoms. The maximum Gasteiger partial charge on any atom is 0.0704 e. The molecule has 0 aromatic heterocycles. The molecular formula is C13H26N2. The summed E-state index contributed by atoms with van der Waals surface area (Å²) in [6.07, 6.45) is 11.3. The van der Waals surface area contributed by atoms with Gasteiger partial charge in [0.05, 0.1) is 6.67 Å². The molecule has 0 aromatic carbocycles. The van der Waals surface area contributed by atoms with Crippen LogP contribution in [0.2, 0.25) is 0 Å². The Kier molecular flexibility index (Phi) is 6.49. The molecule has 1 aliphatic rings. The predicted molar refractivity (Wildman–Crippen MR) is 66.7 cm³/mol.